The van der Waals surface area contributed by atoms with Crippen molar-refractivity contribution in [1.82, 2.24) is 10.2 Å². The molecule has 0 aromatic heterocycles. The number of likely N-dealkylation sites (tertiary alicyclic amines) is 1. The monoisotopic (exact) mass is 372 g/mol. The van der Waals surface area contributed by atoms with Gasteiger partial charge in [-0.2, -0.15) is 0 Å². The van der Waals surface area contributed by atoms with Gasteiger partial charge in [-0.3, -0.25) is 0 Å². The van der Waals surface area contributed by atoms with Crippen molar-refractivity contribution in [3.8, 4) is 5.75 Å². The Morgan fingerprint density at radius 2 is 1.67 bits per heavy atom. The van der Waals surface area contributed by atoms with E-state index in [1.807, 2.05) is 12.1 Å². The molecule has 0 radical (unpaired) electrons. The lowest BCUT2D eigenvalue weighted by molar-refractivity contribution is 0.226. The Kier molecular flexibility index (Phi) is 5.41. The van der Waals surface area contributed by atoms with Gasteiger partial charge in [0.25, 0.3) is 0 Å². The summed E-state index contributed by atoms with van der Waals surface area (Å²) in [5, 5.41) is 3.72. The summed E-state index contributed by atoms with van der Waals surface area (Å²) in [7, 11) is 0. The predicted octanol–water partition coefficient (Wildman–Crippen LogP) is 4.22. The lowest BCUT2D eigenvalue weighted by atomic mass is 9.87. The molecule has 0 bridgehead atoms. The maximum atomic E-state index is 13.7. The quantitative estimate of drug-likeness (QED) is 0.822. The molecule has 0 amide bonds. The topological polar surface area (TPSA) is 24.5 Å². The number of benzene rings is 2. The van der Waals surface area contributed by atoms with E-state index in [1.165, 1.54) is 56.1 Å². The van der Waals surface area contributed by atoms with Gasteiger partial charge in [0.2, 0.25) is 0 Å². The van der Waals surface area contributed by atoms with Crippen LogP contribution in [-0.2, 0) is 12.1 Å². The molecule has 0 saturated carbocycles. The van der Waals surface area contributed by atoms with Crippen LogP contribution in [0.3, 0.4) is 0 Å². The third-order valence-electron chi connectivity index (χ3n) is 5.79. The first-order valence-corrected chi connectivity index (χ1v) is 9.80. The van der Waals surface area contributed by atoms with Crippen LogP contribution in [0, 0.1) is 11.6 Å². The molecule has 0 spiro atoms. The summed E-state index contributed by atoms with van der Waals surface area (Å²) in [6.45, 7) is 4.32. The molecule has 0 unspecified atom stereocenters. The molecule has 0 aliphatic carbocycles. The zero-order valence-corrected chi connectivity index (χ0v) is 15.5. The second-order valence-corrected chi connectivity index (χ2v) is 7.61. The molecule has 1 atom stereocenters. The normalized spacial score (nSPS) is 23.0. The third-order valence-corrected chi connectivity index (χ3v) is 5.79. The number of rotatable bonds is 6. The van der Waals surface area contributed by atoms with Crippen LogP contribution in [0.2, 0.25) is 0 Å². The Hall–Kier alpha value is -1.98. The van der Waals surface area contributed by atoms with Crippen molar-refractivity contribution in [1.29, 1.82) is 0 Å². The van der Waals surface area contributed by atoms with Gasteiger partial charge in [0.05, 0.1) is 11.1 Å². The molecule has 2 fully saturated rings. The van der Waals surface area contributed by atoms with Gasteiger partial charge in [0, 0.05) is 6.54 Å². The van der Waals surface area contributed by atoms with E-state index < -0.39 is 11.6 Å². The van der Waals surface area contributed by atoms with E-state index in [0.29, 0.717) is 5.75 Å². The van der Waals surface area contributed by atoms with Crippen molar-refractivity contribution >= 4 is 0 Å². The second kappa shape index (κ2) is 7.95. The maximum Gasteiger partial charge on any atom is 0.132 e. The Balaban J connectivity index is 1.46. The van der Waals surface area contributed by atoms with E-state index in [-0.39, 0.29) is 17.7 Å². The first kappa shape index (κ1) is 18.4. The van der Waals surface area contributed by atoms with Gasteiger partial charge in [-0.15, -0.1) is 0 Å². The molecule has 144 valence electrons. The molecule has 2 heterocycles. The zero-order valence-electron chi connectivity index (χ0n) is 15.5. The smallest absolute Gasteiger partial charge is 0.132 e. The summed E-state index contributed by atoms with van der Waals surface area (Å²) in [6, 6.07) is 11.8. The van der Waals surface area contributed by atoms with Crippen LogP contribution in [0.15, 0.2) is 42.5 Å². The average Bonchev–Trinajstić information content (AvgIpc) is 3.35. The lowest BCUT2D eigenvalue weighted by Crippen LogP contribution is -2.46. The Bertz CT molecular complexity index is 746. The summed E-state index contributed by atoms with van der Waals surface area (Å²) in [5.41, 5.74) is 1.22. The first-order chi connectivity index (χ1) is 13.2. The number of halogens is 2. The molecule has 1 N–H and O–H groups in total. The van der Waals surface area contributed by atoms with Gasteiger partial charge in [-0.05, 0) is 75.1 Å². The van der Waals surface area contributed by atoms with Gasteiger partial charge in [0.1, 0.15) is 24.0 Å². The minimum atomic E-state index is -0.577. The fraction of sp³-hybridized carbons (Fsp3) is 0.455. The average molecular weight is 372 g/mol. The molecular formula is C22H26F2N2O. The van der Waals surface area contributed by atoms with Crippen LogP contribution >= 0.6 is 0 Å². The van der Waals surface area contributed by atoms with Crippen molar-refractivity contribution < 1.29 is 13.5 Å². The predicted molar refractivity (Wildman–Crippen MR) is 102 cm³/mol. The minimum Gasteiger partial charge on any atom is -0.489 e. The van der Waals surface area contributed by atoms with Gasteiger partial charge < -0.3 is 15.0 Å². The second-order valence-electron chi connectivity index (χ2n) is 7.61. The van der Waals surface area contributed by atoms with E-state index in [2.05, 4.69) is 22.3 Å². The van der Waals surface area contributed by atoms with Crippen molar-refractivity contribution in [3.63, 3.8) is 0 Å². The van der Waals surface area contributed by atoms with E-state index >= 15 is 0 Å². The molecule has 2 saturated heterocycles. The molecule has 5 heteroatoms. The van der Waals surface area contributed by atoms with Crippen molar-refractivity contribution in [3.05, 3.63) is 65.2 Å². The largest absolute Gasteiger partial charge is 0.489 e. The Morgan fingerprint density at radius 1 is 0.963 bits per heavy atom. The minimum absolute atomic E-state index is 0.000512. The summed E-state index contributed by atoms with van der Waals surface area (Å²) in [6.07, 6.45) is 4.88. The maximum absolute atomic E-state index is 13.7. The standard InChI is InChI=1S/C22H26F2N2O/c23-20-5-3-6-21(24)19(20)15-27-18-9-7-17(8-10-18)22(11-4-12-25-22)16-26-13-1-2-14-26/h3,5-10,25H,1-2,4,11-16H2/t22-/m1/s1. The highest BCUT2D eigenvalue weighted by Crippen LogP contribution is 2.34. The first-order valence-electron chi connectivity index (χ1n) is 9.80. The number of nitrogens with one attached hydrogen (secondary N) is 1. The van der Waals surface area contributed by atoms with Gasteiger partial charge >= 0.3 is 0 Å². The SMILES string of the molecule is Fc1cccc(F)c1COc1ccc([C@]2(CN3CCCC3)CCCN2)cc1. The lowest BCUT2D eigenvalue weighted by Gasteiger charge is -2.34. The summed E-state index contributed by atoms with van der Waals surface area (Å²) in [4.78, 5) is 2.55. The van der Waals surface area contributed by atoms with Crippen LogP contribution in [-0.4, -0.2) is 31.1 Å². The fourth-order valence-corrected chi connectivity index (χ4v) is 4.30. The van der Waals surface area contributed by atoms with Crippen LogP contribution in [0.5, 0.6) is 5.75 Å². The van der Waals surface area contributed by atoms with Gasteiger partial charge in [0.15, 0.2) is 0 Å². The number of hydrogen-bond donors (Lipinski definition) is 1. The fourth-order valence-electron chi connectivity index (χ4n) is 4.30. The Morgan fingerprint density at radius 3 is 2.30 bits per heavy atom. The molecule has 2 aliphatic rings. The molecule has 3 nitrogen and oxygen atoms in total. The molecule has 2 aromatic carbocycles. The summed E-state index contributed by atoms with van der Waals surface area (Å²) < 4.78 is 33.1. The molecule has 2 aromatic rings. The molecular weight excluding hydrogens is 346 g/mol. The van der Waals surface area contributed by atoms with Crippen molar-refractivity contribution in [2.75, 3.05) is 26.2 Å². The number of ether oxygens (including phenoxy) is 1. The van der Waals surface area contributed by atoms with Crippen LogP contribution in [0.25, 0.3) is 0 Å². The number of hydrogen-bond acceptors (Lipinski definition) is 3. The Labute approximate surface area is 159 Å². The van der Waals surface area contributed by atoms with Crippen molar-refractivity contribution in [2.24, 2.45) is 0 Å². The molecule has 4 rings (SSSR count). The van der Waals surface area contributed by atoms with E-state index in [4.69, 9.17) is 4.74 Å². The van der Waals surface area contributed by atoms with Crippen LogP contribution in [0.1, 0.15) is 36.8 Å². The van der Waals surface area contributed by atoms with Crippen molar-refractivity contribution in [2.45, 2.75) is 37.8 Å². The van der Waals surface area contributed by atoms with E-state index in [9.17, 15) is 8.78 Å². The molecule has 27 heavy (non-hydrogen) atoms. The highest BCUT2D eigenvalue weighted by Gasteiger charge is 2.37. The van der Waals surface area contributed by atoms with Crippen LogP contribution in [0.4, 0.5) is 8.78 Å². The van der Waals surface area contributed by atoms with E-state index in [1.54, 1.807) is 0 Å². The van der Waals surface area contributed by atoms with Crippen LogP contribution < -0.4 is 10.1 Å². The zero-order chi connectivity index (χ0) is 18.7. The summed E-state index contributed by atoms with van der Waals surface area (Å²) >= 11 is 0. The highest BCUT2D eigenvalue weighted by molar-refractivity contribution is 5.33. The molecule has 2 aliphatic heterocycles. The van der Waals surface area contributed by atoms with E-state index in [0.717, 1.165) is 19.5 Å². The van der Waals surface area contributed by atoms with Gasteiger partial charge in [-0.1, -0.05) is 18.2 Å². The highest BCUT2D eigenvalue weighted by atomic mass is 19.1. The summed E-state index contributed by atoms with van der Waals surface area (Å²) in [5.74, 6) is -0.534. The third kappa shape index (κ3) is 3.99. The van der Waals surface area contributed by atoms with Gasteiger partial charge in [-0.25, -0.2) is 8.78 Å². The number of nitrogens with zero attached hydrogens (tertiary/aromatic N) is 1.